The molecule has 0 saturated heterocycles. The Morgan fingerprint density at radius 3 is 3.00 bits per heavy atom. The van der Waals surface area contributed by atoms with Gasteiger partial charge in [-0.05, 0) is 19.1 Å². The van der Waals surface area contributed by atoms with Crippen molar-refractivity contribution in [2.24, 2.45) is 0 Å². The second-order valence-electron chi connectivity index (χ2n) is 4.49. The molecule has 0 saturated carbocycles. The summed E-state index contributed by atoms with van der Waals surface area (Å²) in [4.78, 5) is 17.3. The molecular formula is C14H14N4O2S. The molecule has 0 aliphatic rings. The molecule has 0 spiro atoms. The number of hydrogen-bond acceptors (Lipinski definition) is 5. The number of hydrogen-bond donors (Lipinski definition) is 1. The molecule has 2 heterocycles. The summed E-state index contributed by atoms with van der Waals surface area (Å²) >= 11 is 1.46. The number of carbonyl (C=O) groups excluding carboxylic acids is 1. The van der Waals surface area contributed by atoms with Crippen LogP contribution in [0.5, 0.6) is 5.75 Å². The van der Waals surface area contributed by atoms with Crippen molar-refractivity contribution in [3.63, 3.8) is 0 Å². The highest BCUT2D eigenvalue weighted by Crippen LogP contribution is 2.18. The maximum atomic E-state index is 12.2. The maximum absolute atomic E-state index is 12.2. The molecule has 1 amide bonds. The number of methoxy groups -OCH3 is 1. The van der Waals surface area contributed by atoms with Gasteiger partial charge in [-0.15, -0.1) is 0 Å². The molecule has 0 unspecified atom stereocenters. The van der Waals surface area contributed by atoms with Crippen LogP contribution in [0.15, 0.2) is 30.5 Å². The second-order valence-corrected chi connectivity index (χ2v) is 5.53. The molecule has 1 aromatic carbocycles. The van der Waals surface area contributed by atoms with Gasteiger partial charge in [-0.3, -0.25) is 4.79 Å². The molecule has 21 heavy (non-hydrogen) atoms. The standard InChI is InChI=1S/C14H14N4O2S/c1-9-8-18-14(16-9)21-12(17-18)7-15-13(19)10-5-3-4-6-11(10)20-2/h3-6,8H,7H2,1-2H3,(H,15,19). The topological polar surface area (TPSA) is 68.5 Å². The van der Waals surface area contributed by atoms with E-state index in [1.54, 1.807) is 29.8 Å². The third-order valence-electron chi connectivity index (χ3n) is 2.96. The lowest BCUT2D eigenvalue weighted by Crippen LogP contribution is -2.23. The largest absolute Gasteiger partial charge is 0.496 e. The highest BCUT2D eigenvalue weighted by Gasteiger charge is 2.12. The summed E-state index contributed by atoms with van der Waals surface area (Å²) in [5.41, 5.74) is 1.44. The zero-order chi connectivity index (χ0) is 14.8. The summed E-state index contributed by atoms with van der Waals surface area (Å²) in [6.07, 6.45) is 1.86. The number of benzene rings is 1. The van der Waals surface area contributed by atoms with Gasteiger partial charge in [0.2, 0.25) is 4.96 Å². The second kappa shape index (κ2) is 5.53. The number of fused-ring (bicyclic) bond motifs is 1. The van der Waals surface area contributed by atoms with Crippen molar-refractivity contribution >= 4 is 22.2 Å². The summed E-state index contributed by atoms with van der Waals surface area (Å²) in [6, 6.07) is 7.12. The lowest BCUT2D eigenvalue weighted by molar-refractivity contribution is 0.0947. The van der Waals surface area contributed by atoms with Crippen molar-refractivity contribution in [1.29, 1.82) is 0 Å². The van der Waals surface area contributed by atoms with Crippen LogP contribution in [0.3, 0.4) is 0 Å². The van der Waals surface area contributed by atoms with E-state index in [0.717, 1.165) is 15.7 Å². The Kier molecular flexibility index (Phi) is 3.57. The van der Waals surface area contributed by atoms with Crippen LogP contribution in [0.4, 0.5) is 0 Å². The number of nitrogens with zero attached hydrogens (tertiary/aromatic N) is 3. The van der Waals surface area contributed by atoms with E-state index in [4.69, 9.17) is 4.74 Å². The van der Waals surface area contributed by atoms with Crippen LogP contribution in [0.25, 0.3) is 4.96 Å². The van der Waals surface area contributed by atoms with Gasteiger partial charge in [0.15, 0.2) is 0 Å². The fraction of sp³-hybridized carbons (Fsp3) is 0.214. The molecule has 0 fully saturated rings. The van der Waals surface area contributed by atoms with Crippen LogP contribution < -0.4 is 10.1 Å². The Labute approximate surface area is 125 Å². The molecule has 0 radical (unpaired) electrons. The first-order chi connectivity index (χ1) is 10.2. The normalized spacial score (nSPS) is 10.8. The van der Waals surface area contributed by atoms with Gasteiger partial charge < -0.3 is 10.1 Å². The molecule has 108 valence electrons. The third kappa shape index (κ3) is 2.73. The first-order valence-electron chi connectivity index (χ1n) is 6.40. The Morgan fingerprint density at radius 2 is 2.24 bits per heavy atom. The summed E-state index contributed by atoms with van der Waals surface area (Å²) in [7, 11) is 1.55. The Balaban J connectivity index is 1.71. The lowest BCUT2D eigenvalue weighted by atomic mass is 10.2. The number of aromatic nitrogens is 3. The predicted octanol–water partition coefficient (Wildman–Crippen LogP) is 2.04. The minimum Gasteiger partial charge on any atom is -0.496 e. The van der Waals surface area contributed by atoms with E-state index >= 15 is 0 Å². The summed E-state index contributed by atoms with van der Waals surface area (Å²) in [5, 5.41) is 8.02. The molecule has 3 aromatic rings. The zero-order valence-corrected chi connectivity index (χ0v) is 12.5. The maximum Gasteiger partial charge on any atom is 0.255 e. The molecule has 2 aromatic heterocycles. The van der Waals surface area contributed by atoms with Gasteiger partial charge >= 0.3 is 0 Å². The van der Waals surface area contributed by atoms with Crippen LogP contribution in [-0.4, -0.2) is 27.6 Å². The fourth-order valence-electron chi connectivity index (χ4n) is 2.01. The fourth-order valence-corrected chi connectivity index (χ4v) is 2.87. The van der Waals surface area contributed by atoms with Gasteiger partial charge in [0.25, 0.3) is 5.91 Å². The molecule has 0 atom stereocenters. The van der Waals surface area contributed by atoms with Crippen molar-refractivity contribution < 1.29 is 9.53 Å². The molecule has 0 bridgehead atoms. The van der Waals surface area contributed by atoms with E-state index in [1.807, 2.05) is 19.2 Å². The Morgan fingerprint density at radius 1 is 1.43 bits per heavy atom. The van der Waals surface area contributed by atoms with E-state index in [0.29, 0.717) is 17.9 Å². The number of imidazole rings is 1. The highest BCUT2D eigenvalue weighted by atomic mass is 32.1. The Bertz CT molecular complexity index is 762. The van der Waals surface area contributed by atoms with Crippen molar-refractivity contribution in [2.75, 3.05) is 7.11 Å². The molecule has 1 N–H and O–H groups in total. The summed E-state index contributed by atoms with van der Waals surface area (Å²) in [6.45, 7) is 2.29. The molecular weight excluding hydrogens is 288 g/mol. The average molecular weight is 302 g/mol. The van der Waals surface area contributed by atoms with Crippen molar-refractivity contribution in [1.82, 2.24) is 19.9 Å². The van der Waals surface area contributed by atoms with Crippen molar-refractivity contribution in [3.8, 4) is 5.75 Å². The van der Waals surface area contributed by atoms with Gasteiger partial charge in [0.05, 0.1) is 31.1 Å². The van der Waals surface area contributed by atoms with Crippen molar-refractivity contribution in [2.45, 2.75) is 13.5 Å². The Hall–Kier alpha value is -2.41. The minimum atomic E-state index is -0.184. The van der Waals surface area contributed by atoms with E-state index in [2.05, 4.69) is 15.4 Å². The molecule has 6 nitrogen and oxygen atoms in total. The molecule has 0 aliphatic carbocycles. The lowest BCUT2D eigenvalue weighted by Gasteiger charge is -2.07. The number of aryl methyl sites for hydroxylation is 1. The number of carbonyl (C=O) groups is 1. The zero-order valence-electron chi connectivity index (χ0n) is 11.7. The quantitative estimate of drug-likeness (QED) is 0.801. The van der Waals surface area contributed by atoms with E-state index in [1.165, 1.54) is 11.3 Å². The van der Waals surface area contributed by atoms with Gasteiger partial charge in [-0.25, -0.2) is 9.50 Å². The number of rotatable bonds is 4. The van der Waals surface area contributed by atoms with Crippen LogP contribution in [-0.2, 0) is 6.54 Å². The number of para-hydroxylation sites is 1. The van der Waals surface area contributed by atoms with Gasteiger partial charge in [-0.1, -0.05) is 23.5 Å². The molecule has 7 heteroatoms. The number of amides is 1. The monoisotopic (exact) mass is 302 g/mol. The van der Waals surface area contributed by atoms with E-state index in [9.17, 15) is 4.79 Å². The van der Waals surface area contributed by atoms with Crippen molar-refractivity contribution in [3.05, 3.63) is 46.7 Å². The van der Waals surface area contributed by atoms with Gasteiger partial charge in [0.1, 0.15) is 10.8 Å². The molecule has 0 aliphatic heterocycles. The van der Waals surface area contributed by atoms with Crippen LogP contribution in [0.2, 0.25) is 0 Å². The first kappa shape index (κ1) is 13.6. The van der Waals surface area contributed by atoms with E-state index in [-0.39, 0.29) is 5.91 Å². The summed E-state index contributed by atoms with van der Waals surface area (Å²) < 4.78 is 6.91. The molecule has 3 rings (SSSR count). The predicted molar refractivity (Wildman–Crippen MR) is 79.8 cm³/mol. The van der Waals surface area contributed by atoms with Gasteiger partial charge in [-0.2, -0.15) is 5.10 Å². The number of ether oxygens (including phenoxy) is 1. The van der Waals surface area contributed by atoms with Gasteiger partial charge in [0, 0.05) is 0 Å². The first-order valence-corrected chi connectivity index (χ1v) is 7.22. The van der Waals surface area contributed by atoms with Crippen LogP contribution in [0, 0.1) is 6.92 Å². The highest BCUT2D eigenvalue weighted by molar-refractivity contribution is 7.16. The summed E-state index contributed by atoms with van der Waals surface area (Å²) in [5.74, 6) is 0.371. The SMILES string of the molecule is COc1ccccc1C(=O)NCc1nn2cc(C)nc2s1. The minimum absolute atomic E-state index is 0.184. The van der Waals surface area contributed by atoms with Crippen LogP contribution in [0.1, 0.15) is 21.1 Å². The average Bonchev–Trinajstić information content (AvgIpc) is 3.01. The third-order valence-corrected chi connectivity index (χ3v) is 3.88. The smallest absolute Gasteiger partial charge is 0.255 e. The van der Waals surface area contributed by atoms with E-state index < -0.39 is 0 Å². The van der Waals surface area contributed by atoms with Crippen LogP contribution >= 0.6 is 11.3 Å². The number of nitrogens with one attached hydrogen (secondary N) is 1.